The van der Waals surface area contributed by atoms with E-state index in [1.54, 1.807) is 6.20 Å². The molecule has 1 aliphatic rings. The summed E-state index contributed by atoms with van der Waals surface area (Å²) in [6, 6.07) is 10.0. The van der Waals surface area contributed by atoms with Crippen LogP contribution < -0.4 is 11.1 Å². The van der Waals surface area contributed by atoms with Crippen LogP contribution in [0.25, 0.3) is 5.70 Å². The van der Waals surface area contributed by atoms with E-state index in [9.17, 15) is 4.79 Å². The van der Waals surface area contributed by atoms with Gasteiger partial charge in [0, 0.05) is 12.1 Å². The third kappa shape index (κ3) is 2.10. The number of primary amides is 1. The van der Waals surface area contributed by atoms with E-state index in [1.165, 1.54) is 0 Å². The summed E-state index contributed by atoms with van der Waals surface area (Å²) in [5.41, 5.74) is 8.19. The van der Waals surface area contributed by atoms with E-state index in [2.05, 4.69) is 16.5 Å². The van der Waals surface area contributed by atoms with E-state index in [0.717, 1.165) is 22.6 Å². The molecule has 2 heterocycles. The number of nitrogens with zero attached hydrogens (tertiary/aromatic N) is 2. The van der Waals surface area contributed by atoms with Crippen molar-refractivity contribution in [1.29, 1.82) is 0 Å². The molecule has 0 fully saturated rings. The number of benzene rings is 1. The van der Waals surface area contributed by atoms with Gasteiger partial charge in [-0.05, 0) is 11.6 Å². The summed E-state index contributed by atoms with van der Waals surface area (Å²) in [4.78, 5) is 11.0. The summed E-state index contributed by atoms with van der Waals surface area (Å²) in [7, 11) is 0. The lowest BCUT2D eigenvalue weighted by Gasteiger charge is -2.18. The molecule has 3 rings (SSSR count). The quantitative estimate of drug-likeness (QED) is 0.865. The highest BCUT2D eigenvalue weighted by Gasteiger charge is 2.18. The number of amides is 1. The van der Waals surface area contributed by atoms with Crippen molar-refractivity contribution in [2.75, 3.05) is 11.9 Å². The highest BCUT2D eigenvalue weighted by molar-refractivity contribution is 5.80. The van der Waals surface area contributed by atoms with Gasteiger partial charge in [0.1, 0.15) is 5.82 Å². The van der Waals surface area contributed by atoms with Gasteiger partial charge in [-0.3, -0.25) is 4.79 Å². The lowest BCUT2D eigenvalue weighted by molar-refractivity contribution is -0.117. The Morgan fingerprint density at radius 3 is 2.89 bits per heavy atom. The van der Waals surface area contributed by atoms with Crippen LogP contribution in [0, 0.1) is 0 Å². The van der Waals surface area contributed by atoms with Gasteiger partial charge in [-0.2, -0.15) is 5.10 Å². The maximum atomic E-state index is 11.0. The third-order valence-corrected chi connectivity index (χ3v) is 3.07. The van der Waals surface area contributed by atoms with Gasteiger partial charge in [0.25, 0.3) is 0 Å². The first-order valence-corrected chi connectivity index (χ1v) is 6.11. The van der Waals surface area contributed by atoms with Crippen molar-refractivity contribution in [3.05, 3.63) is 53.7 Å². The number of fused-ring (bicyclic) bond motifs is 1. The fourth-order valence-electron chi connectivity index (χ4n) is 2.25. The molecule has 1 aromatic carbocycles. The Morgan fingerprint density at radius 2 is 2.16 bits per heavy atom. The van der Waals surface area contributed by atoms with Crippen molar-refractivity contribution in [3.8, 4) is 0 Å². The summed E-state index contributed by atoms with van der Waals surface area (Å²) < 4.78 is 1.82. The number of carbonyl (C=O) groups is 1. The molecule has 2 aromatic rings. The third-order valence-electron chi connectivity index (χ3n) is 3.07. The molecule has 0 radical (unpaired) electrons. The molecule has 5 heteroatoms. The number of nitrogens with two attached hydrogens (primary N) is 1. The first-order chi connectivity index (χ1) is 9.25. The molecular formula is C14H14N4O. The Kier molecular flexibility index (Phi) is 2.79. The van der Waals surface area contributed by atoms with Gasteiger partial charge >= 0.3 is 0 Å². The minimum absolute atomic E-state index is 0.199. The lowest BCUT2D eigenvalue weighted by atomic mass is 10.1. The Morgan fingerprint density at radius 1 is 1.37 bits per heavy atom. The van der Waals surface area contributed by atoms with E-state index in [-0.39, 0.29) is 12.3 Å². The van der Waals surface area contributed by atoms with Crippen LogP contribution in [0.5, 0.6) is 0 Å². The zero-order valence-electron chi connectivity index (χ0n) is 10.3. The maximum Gasteiger partial charge on any atom is 0.222 e. The van der Waals surface area contributed by atoms with Gasteiger partial charge in [-0.25, -0.2) is 4.68 Å². The van der Waals surface area contributed by atoms with Gasteiger partial charge in [0.15, 0.2) is 0 Å². The highest BCUT2D eigenvalue weighted by Crippen LogP contribution is 2.27. The second kappa shape index (κ2) is 4.61. The average molecular weight is 254 g/mol. The summed E-state index contributed by atoms with van der Waals surface area (Å²) in [6.07, 6.45) is 3.96. The smallest absolute Gasteiger partial charge is 0.222 e. The standard InChI is InChI=1S/C14H14N4O/c15-13(19)8-11-9-17-18-12(6-7-16-14(11)18)10-4-2-1-3-5-10/h1-6,9,16H,7-8H2,(H2,15,19). The molecule has 0 atom stereocenters. The van der Waals surface area contributed by atoms with Crippen molar-refractivity contribution in [1.82, 2.24) is 9.78 Å². The van der Waals surface area contributed by atoms with Crippen LogP contribution in [0.15, 0.2) is 42.6 Å². The van der Waals surface area contributed by atoms with Gasteiger partial charge in [0.2, 0.25) is 5.91 Å². The first kappa shape index (κ1) is 11.5. The largest absolute Gasteiger partial charge is 0.369 e. The number of nitrogens with one attached hydrogen (secondary N) is 1. The summed E-state index contributed by atoms with van der Waals surface area (Å²) in [6.45, 7) is 0.710. The summed E-state index contributed by atoms with van der Waals surface area (Å²) in [5.74, 6) is 0.494. The zero-order chi connectivity index (χ0) is 13.2. The van der Waals surface area contributed by atoms with Gasteiger partial charge in [-0.1, -0.05) is 30.3 Å². The molecule has 19 heavy (non-hydrogen) atoms. The van der Waals surface area contributed by atoms with Crippen molar-refractivity contribution < 1.29 is 4.79 Å². The minimum Gasteiger partial charge on any atom is -0.369 e. The maximum absolute atomic E-state index is 11.0. The number of hydrogen-bond acceptors (Lipinski definition) is 3. The second-order valence-electron chi connectivity index (χ2n) is 4.41. The number of aromatic nitrogens is 2. The fraction of sp³-hybridized carbons (Fsp3) is 0.143. The highest BCUT2D eigenvalue weighted by atomic mass is 16.1. The molecule has 5 nitrogen and oxygen atoms in total. The number of rotatable bonds is 3. The number of hydrogen-bond donors (Lipinski definition) is 2. The van der Waals surface area contributed by atoms with Gasteiger partial charge in [0.05, 0.1) is 18.3 Å². The molecule has 1 aromatic heterocycles. The SMILES string of the molecule is NC(=O)Cc1cnn2c1NCC=C2c1ccccc1. The van der Waals surface area contributed by atoms with E-state index < -0.39 is 0 Å². The molecule has 1 aliphatic heterocycles. The topological polar surface area (TPSA) is 72.9 Å². The molecule has 0 bridgehead atoms. The van der Waals surface area contributed by atoms with E-state index in [4.69, 9.17) is 5.73 Å². The Bertz CT molecular complexity index is 643. The van der Waals surface area contributed by atoms with Crippen molar-refractivity contribution >= 4 is 17.4 Å². The summed E-state index contributed by atoms with van der Waals surface area (Å²) in [5, 5.41) is 7.58. The van der Waals surface area contributed by atoms with E-state index in [0.29, 0.717) is 6.54 Å². The van der Waals surface area contributed by atoms with Gasteiger partial charge in [-0.15, -0.1) is 0 Å². The van der Waals surface area contributed by atoms with Crippen LogP contribution in [0.1, 0.15) is 11.1 Å². The predicted molar refractivity (Wildman–Crippen MR) is 73.4 cm³/mol. The average Bonchev–Trinajstić information content (AvgIpc) is 2.82. The first-order valence-electron chi connectivity index (χ1n) is 6.11. The van der Waals surface area contributed by atoms with E-state index in [1.807, 2.05) is 35.0 Å². The summed E-state index contributed by atoms with van der Waals surface area (Å²) >= 11 is 0. The number of carbonyl (C=O) groups excluding carboxylic acids is 1. The predicted octanol–water partition coefficient (Wildman–Crippen LogP) is 1.23. The minimum atomic E-state index is -0.353. The van der Waals surface area contributed by atoms with Crippen LogP contribution in [-0.4, -0.2) is 22.2 Å². The number of anilines is 1. The molecule has 0 aliphatic carbocycles. The van der Waals surface area contributed by atoms with Crippen molar-refractivity contribution in [3.63, 3.8) is 0 Å². The van der Waals surface area contributed by atoms with Gasteiger partial charge < -0.3 is 11.1 Å². The van der Waals surface area contributed by atoms with Crippen LogP contribution >= 0.6 is 0 Å². The van der Waals surface area contributed by atoms with E-state index >= 15 is 0 Å². The Balaban J connectivity index is 2.02. The monoisotopic (exact) mass is 254 g/mol. The molecule has 0 saturated carbocycles. The molecule has 96 valence electrons. The van der Waals surface area contributed by atoms with Crippen molar-refractivity contribution in [2.24, 2.45) is 5.73 Å². The normalized spacial score (nSPS) is 13.4. The van der Waals surface area contributed by atoms with Crippen LogP contribution in [0.4, 0.5) is 5.82 Å². The van der Waals surface area contributed by atoms with Crippen LogP contribution in [0.3, 0.4) is 0 Å². The lowest BCUT2D eigenvalue weighted by Crippen LogP contribution is -2.18. The molecule has 0 spiro atoms. The molecule has 3 N–H and O–H groups in total. The molecular weight excluding hydrogens is 240 g/mol. The molecule has 0 unspecified atom stereocenters. The van der Waals surface area contributed by atoms with Crippen LogP contribution in [0.2, 0.25) is 0 Å². The van der Waals surface area contributed by atoms with Crippen LogP contribution in [-0.2, 0) is 11.2 Å². The Hall–Kier alpha value is -2.56. The second-order valence-corrected chi connectivity index (χ2v) is 4.41. The Labute approximate surface area is 110 Å². The molecule has 0 saturated heterocycles. The fourth-order valence-corrected chi connectivity index (χ4v) is 2.25. The van der Waals surface area contributed by atoms with Crippen molar-refractivity contribution in [2.45, 2.75) is 6.42 Å². The zero-order valence-corrected chi connectivity index (χ0v) is 10.3. The molecule has 1 amide bonds.